The third kappa shape index (κ3) is 4.69. The van der Waals surface area contributed by atoms with Gasteiger partial charge in [0.2, 0.25) is 10.0 Å². The SMILES string of the molecule is CC(C)(CCCO)CNS(=O)(=O)c1ccc(F)c(F)c1F. The predicted octanol–water partition coefficient (Wildman–Crippen LogP) is 2.18. The molecule has 0 aliphatic heterocycles. The Hall–Kier alpha value is -1.12. The second-order valence-corrected chi connectivity index (χ2v) is 7.22. The van der Waals surface area contributed by atoms with E-state index in [9.17, 15) is 21.6 Å². The van der Waals surface area contributed by atoms with E-state index in [-0.39, 0.29) is 13.2 Å². The molecule has 0 atom stereocenters. The summed E-state index contributed by atoms with van der Waals surface area (Å²) >= 11 is 0. The molecule has 0 spiro atoms. The second kappa shape index (κ2) is 6.76. The van der Waals surface area contributed by atoms with Crippen LogP contribution in [-0.4, -0.2) is 26.7 Å². The molecule has 120 valence electrons. The summed E-state index contributed by atoms with van der Waals surface area (Å²) in [5.74, 6) is -5.01. The van der Waals surface area contributed by atoms with E-state index in [1.807, 2.05) is 0 Å². The van der Waals surface area contributed by atoms with Gasteiger partial charge in [0, 0.05) is 13.2 Å². The van der Waals surface area contributed by atoms with Crippen molar-refractivity contribution in [3.63, 3.8) is 0 Å². The number of benzene rings is 1. The van der Waals surface area contributed by atoms with Crippen molar-refractivity contribution in [1.29, 1.82) is 0 Å². The molecule has 1 aromatic rings. The van der Waals surface area contributed by atoms with Gasteiger partial charge in [-0.3, -0.25) is 0 Å². The molecule has 8 heteroatoms. The molecular weight excluding hydrogens is 307 g/mol. The molecular formula is C13H18F3NO3S. The van der Waals surface area contributed by atoms with Gasteiger partial charge in [-0.1, -0.05) is 13.8 Å². The van der Waals surface area contributed by atoms with Crippen LogP contribution in [0.5, 0.6) is 0 Å². The third-order valence-corrected chi connectivity index (χ3v) is 4.46. The van der Waals surface area contributed by atoms with Crippen molar-refractivity contribution < 1.29 is 26.7 Å². The molecule has 1 rings (SSSR count). The van der Waals surface area contributed by atoms with Gasteiger partial charge in [0.15, 0.2) is 17.5 Å². The van der Waals surface area contributed by atoms with Gasteiger partial charge in [-0.15, -0.1) is 0 Å². The van der Waals surface area contributed by atoms with Crippen LogP contribution in [0.4, 0.5) is 13.2 Å². The molecule has 0 bridgehead atoms. The third-order valence-electron chi connectivity index (χ3n) is 3.04. The standard InChI is InChI=1S/C13H18F3NO3S/c1-13(2,6-3-7-18)8-17-21(19,20)10-5-4-9(14)11(15)12(10)16/h4-5,17-18H,3,6-8H2,1-2H3. The summed E-state index contributed by atoms with van der Waals surface area (Å²) in [6, 6.07) is 1.24. The molecule has 0 unspecified atom stereocenters. The highest BCUT2D eigenvalue weighted by Crippen LogP contribution is 2.23. The average Bonchev–Trinajstić information content (AvgIpc) is 2.40. The van der Waals surface area contributed by atoms with E-state index in [2.05, 4.69) is 4.72 Å². The highest BCUT2D eigenvalue weighted by molar-refractivity contribution is 7.89. The lowest BCUT2D eigenvalue weighted by atomic mass is 9.88. The van der Waals surface area contributed by atoms with Crippen LogP contribution in [0.25, 0.3) is 0 Å². The molecule has 0 heterocycles. The topological polar surface area (TPSA) is 66.4 Å². The second-order valence-electron chi connectivity index (χ2n) is 5.49. The number of halogens is 3. The fraction of sp³-hybridized carbons (Fsp3) is 0.538. The largest absolute Gasteiger partial charge is 0.396 e. The minimum Gasteiger partial charge on any atom is -0.396 e. The summed E-state index contributed by atoms with van der Waals surface area (Å²) < 4.78 is 65.5. The Morgan fingerprint density at radius 1 is 1.19 bits per heavy atom. The first-order valence-corrected chi connectivity index (χ1v) is 7.83. The van der Waals surface area contributed by atoms with Crippen molar-refractivity contribution >= 4 is 10.0 Å². The van der Waals surface area contributed by atoms with Crippen LogP contribution < -0.4 is 4.72 Å². The zero-order valence-electron chi connectivity index (χ0n) is 11.8. The van der Waals surface area contributed by atoms with Gasteiger partial charge in [0.1, 0.15) is 4.90 Å². The van der Waals surface area contributed by atoms with Gasteiger partial charge in [-0.25, -0.2) is 26.3 Å². The number of nitrogens with one attached hydrogen (secondary N) is 1. The molecule has 21 heavy (non-hydrogen) atoms. The summed E-state index contributed by atoms with van der Waals surface area (Å²) in [6.07, 6.45) is 1.04. The summed E-state index contributed by atoms with van der Waals surface area (Å²) in [7, 11) is -4.28. The summed E-state index contributed by atoms with van der Waals surface area (Å²) in [4.78, 5) is -0.931. The number of sulfonamides is 1. The molecule has 0 fully saturated rings. The van der Waals surface area contributed by atoms with Crippen LogP contribution >= 0.6 is 0 Å². The Balaban J connectivity index is 2.91. The van der Waals surface area contributed by atoms with Crippen molar-refractivity contribution in [2.75, 3.05) is 13.2 Å². The Bertz CT molecular complexity index is 603. The maximum absolute atomic E-state index is 13.5. The quantitative estimate of drug-likeness (QED) is 0.755. The van der Waals surface area contributed by atoms with Gasteiger partial charge in [-0.2, -0.15) is 0 Å². The zero-order valence-corrected chi connectivity index (χ0v) is 12.6. The molecule has 0 aromatic heterocycles. The lowest BCUT2D eigenvalue weighted by molar-refractivity contribution is 0.242. The minimum absolute atomic E-state index is 0.0199. The molecule has 2 N–H and O–H groups in total. The van der Waals surface area contributed by atoms with Crippen molar-refractivity contribution in [3.05, 3.63) is 29.6 Å². The van der Waals surface area contributed by atoms with Crippen LogP contribution in [-0.2, 0) is 10.0 Å². The molecule has 0 amide bonds. The van der Waals surface area contributed by atoms with Crippen molar-refractivity contribution in [3.8, 4) is 0 Å². The van der Waals surface area contributed by atoms with E-state index in [1.165, 1.54) is 0 Å². The predicted molar refractivity (Wildman–Crippen MR) is 71.6 cm³/mol. The van der Waals surface area contributed by atoms with Crippen LogP contribution in [0, 0.1) is 22.9 Å². The Labute approximate surface area is 122 Å². The highest BCUT2D eigenvalue weighted by atomic mass is 32.2. The minimum atomic E-state index is -4.28. The number of aliphatic hydroxyl groups is 1. The molecule has 0 aliphatic rings. The van der Waals surface area contributed by atoms with Crippen molar-refractivity contribution in [2.45, 2.75) is 31.6 Å². The van der Waals surface area contributed by atoms with Crippen LogP contribution in [0.3, 0.4) is 0 Å². The van der Waals surface area contributed by atoms with E-state index in [1.54, 1.807) is 13.8 Å². The van der Waals surface area contributed by atoms with Gasteiger partial charge in [0.05, 0.1) is 0 Å². The lowest BCUT2D eigenvalue weighted by Gasteiger charge is -2.24. The molecule has 0 saturated heterocycles. The van der Waals surface area contributed by atoms with Gasteiger partial charge < -0.3 is 5.11 Å². The van der Waals surface area contributed by atoms with E-state index >= 15 is 0 Å². The number of aliphatic hydroxyl groups excluding tert-OH is 1. The van der Waals surface area contributed by atoms with E-state index < -0.39 is 37.8 Å². The summed E-state index contributed by atoms with van der Waals surface area (Å²) in [5.41, 5.74) is -0.467. The Kier molecular flexibility index (Phi) is 5.77. The summed E-state index contributed by atoms with van der Waals surface area (Å²) in [6.45, 7) is 3.50. The van der Waals surface area contributed by atoms with Crippen molar-refractivity contribution in [1.82, 2.24) is 4.72 Å². The number of rotatable bonds is 7. The van der Waals surface area contributed by atoms with Crippen LogP contribution in [0.1, 0.15) is 26.7 Å². The first-order valence-electron chi connectivity index (χ1n) is 6.35. The smallest absolute Gasteiger partial charge is 0.243 e. The normalized spacial score (nSPS) is 12.7. The Morgan fingerprint density at radius 2 is 1.81 bits per heavy atom. The highest BCUT2D eigenvalue weighted by Gasteiger charge is 2.26. The van der Waals surface area contributed by atoms with E-state index in [0.717, 1.165) is 0 Å². The maximum atomic E-state index is 13.5. The lowest BCUT2D eigenvalue weighted by Crippen LogP contribution is -2.34. The molecule has 0 saturated carbocycles. The van der Waals surface area contributed by atoms with Crippen LogP contribution in [0.15, 0.2) is 17.0 Å². The Morgan fingerprint density at radius 3 is 2.38 bits per heavy atom. The zero-order chi connectivity index (χ0) is 16.3. The van der Waals surface area contributed by atoms with Crippen molar-refractivity contribution in [2.24, 2.45) is 5.41 Å². The van der Waals surface area contributed by atoms with Gasteiger partial charge >= 0.3 is 0 Å². The van der Waals surface area contributed by atoms with Gasteiger partial charge in [-0.05, 0) is 30.4 Å². The monoisotopic (exact) mass is 325 g/mol. The van der Waals surface area contributed by atoms with E-state index in [0.29, 0.717) is 25.0 Å². The average molecular weight is 325 g/mol. The van der Waals surface area contributed by atoms with Gasteiger partial charge in [0.25, 0.3) is 0 Å². The maximum Gasteiger partial charge on any atom is 0.243 e. The molecule has 1 aromatic carbocycles. The fourth-order valence-electron chi connectivity index (χ4n) is 1.73. The molecule has 4 nitrogen and oxygen atoms in total. The van der Waals surface area contributed by atoms with Crippen LogP contribution in [0.2, 0.25) is 0 Å². The van der Waals surface area contributed by atoms with E-state index in [4.69, 9.17) is 5.11 Å². The number of hydrogen-bond donors (Lipinski definition) is 2. The molecule has 0 radical (unpaired) electrons. The summed E-state index contributed by atoms with van der Waals surface area (Å²) in [5, 5.41) is 8.76. The first kappa shape index (κ1) is 17.9. The fourth-order valence-corrected chi connectivity index (χ4v) is 3.04. The number of hydrogen-bond acceptors (Lipinski definition) is 3. The molecule has 0 aliphatic carbocycles. The first-order chi connectivity index (χ1) is 9.60.